The lowest BCUT2D eigenvalue weighted by atomic mass is 9.42. The molecule has 1 aromatic heterocycles. The van der Waals surface area contributed by atoms with Crippen LogP contribution in [0.15, 0.2) is 138 Å². The normalized spacial score (nSPS) is 15.2. The topological polar surface area (TPSA) is 19.6 Å². The number of benzene rings is 7. The van der Waals surface area contributed by atoms with E-state index < -0.39 is 0 Å². The number of hydrogen-bond acceptors (Lipinski definition) is 3. The largest absolute Gasteiger partial charge is 0.454 e. The summed E-state index contributed by atoms with van der Waals surface area (Å²) < 4.78 is 7.15. The Kier molecular flexibility index (Phi) is 7.80. The van der Waals surface area contributed by atoms with E-state index in [4.69, 9.17) is 4.42 Å². The highest BCUT2D eigenvalue weighted by Gasteiger charge is 2.50. The average Bonchev–Trinajstić information content (AvgIpc) is 3.71. The molecule has 302 valence electrons. The van der Waals surface area contributed by atoms with Gasteiger partial charge in [-0.25, -0.2) is 0 Å². The quantitative estimate of drug-likeness (QED) is 0.163. The lowest BCUT2D eigenvalue weighted by Gasteiger charge is -2.47. The number of rotatable bonds is 2. The first kappa shape index (κ1) is 38.0. The van der Waals surface area contributed by atoms with Gasteiger partial charge in [-0.15, -0.1) is 0 Å². The van der Waals surface area contributed by atoms with Crippen molar-refractivity contribution in [3.63, 3.8) is 0 Å². The summed E-state index contributed by atoms with van der Waals surface area (Å²) in [4.78, 5) is 5.20. The smallest absolute Gasteiger partial charge is 0.333 e. The average molecular weight is 795 g/mol. The zero-order valence-electron chi connectivity index (χ0n) is 37.6. The molecular weight excluding hydrogens is 739 g/mol. The fraction of sp³-hybridized carbons (Fsp3) is 0.263. The minimum atomic E-state index is -0.235. The minimum absolute atomic E-state index is 0.0282. The van der Waals surface area contributed by atoms with Crippen LogP contribution in [0.5, 0.6) is 0 Å². The van der Waals surface area contributed by atoms with E-state index in [9.17, 15) is 0 Å². The molecule has 0 N–H and O–H groups in total. The molecule has 0 atom stereocenters. The van der Waals surface area contributed by atoms with E-state index in [-0.39, 0.29) is 28.5 Å². The van der Waals surface area contributed by atoms with Crippen molar-refractivity contribution in [2.45, 2.75) is 97.8 Å². The van der Waals surface area contributed by atoms with Crippen molar-refractivity contribution in [1.82, 2.24) is 0 Å². The van der Waals surface area contributed by atoms with Gasteiger partial charge in [0.05, 0.1) is 5.69 Å². The van der Waals surface area contributed by atoms with Crippen LogP contribution in [0.25, 0.3) is 44.2 Å². The maximum Gasteiger partial charge on any atom is 0.333 e. The Morgan fingerprint density at radius 1 is 0.525 bits per heavy atom. The zero-order valence-corrected chi connectivity index (χ0v) is 37.6. The zero-order chi connectivity index (χ0) is 42.5. The van der Waals surface area contributed by atoms with E-state index in [1.807, 2.05) is 0 Å². The highest BCUT2D eigenvalue weighted by Crippen LogP contribution is 2.58. The van der Waals surface area contributed by atoms with Gasteiger partial charge >= 0.3 is 6.85 Å². The second-order valence-corrected chi connectivity index (χ2v) is 21.4. The molecule has 4 heteroatoms. The van der Waals surface area contributed by atoms with Crippen molar-refractivity contribution in [2.24, 2.45) is 0 Å². The standard InChI is InChI=1S/C57H55BN2O/c1-54(2,3)34-20-25-37(26-21-34)59-46-30-24-36(56(7,8)9)32-45(46)58-51-43(33-42-40-17-13-15-19-48(40)61-53(42)52(51)59)49-47(60(58)38-27-22-35(23-28-38)55(4,5)6)31-29-41-39-16-12-14-18-44(39)57(10,11)50(41)49/h12-33H,1-11H3. The molecule has 0 amide bonds. The van der Waals surface area contributed by atoms with Crippen molar-refractivity contribution >= 4 is 68.1 Å². The third-order valence-corrected chi connectivity index (χ3v) is 14.1. The Morgan fingerprint density at radius 3 is 1.79 bits per heavy atom. The Labute approximate surface area is 362 Å². The van der Waals surface area contributed by atoms with Gasteiger partial charge in [-0.3, -0.25) is 0 Å². The molecule has 0 bridgehead atoms. The molecule has 2 aliphatic heterocycles. The van der Waals surface area contributed by atoms with Crippen molar-refractivity contribution < 1.29 is 4.42 Å². The molecule has 7 aromatic carbocycles. The van der Waals surface area contributed by atoms with E-state index in [1.165, 1.54) is 78.1 Å². The summed E-state index contributed by atoms with van der Waals surface area (Å²) >= 11 is 0. The predicted octanol–water partition coefficient (Wildman–Crippen LogP) is 14.5. The summed E-state index contributed by atoms with van der Waals surface area (Å²) in [6.45, 7) is 25.5. The van der Waals surface area contributed by atoms with Crippen LogP contribution in [0.4, 0.5) is 28.4 Å². The third-order valence-electron chi connectivity index (χ3n) is 14.1. The van der Waals surface area contributed by atoms with Gasteiger partial charge in [0.2, 0.25) is 0 Å². The first-order valence-corrected chi connectivity index (χ1v) is 22.1. The first-order chi connectivity index (χ1) is 28.9. The van der Waals surface area contributed by atoms with Crippen LogP contribution in [-0.4, -0.2) is 6.85 Å². The van der Waals surface area contributed by atoms with Gasteiger partial charge in [-0.05, 0) is 120 Å². The van der Waals surface area contributed by atoms with Crippen LogP contribution >= 0.6 is 0 Å². The van der Waals surface area contributed by atoms with Crippen LogP contribution in [0.2, 0.25) is 0 Å². The van der Waals surface area contributed by atoms with Gasteiger partial charge < -0.3 is 14.1 Å². The summed E-state index contributed by atoms with van der Waals surface area (Å²) in [6, 6.07) is 51.0. The number of anilines is 5. The van der Waals surface area contributed by atoms with Crippen LogP contribution in [0, 0.1) is 0 Å². The Hall–Kier alpha value is -6.00. The second-order valence-electron chi connectivity index (χ2n) is 21.4. The first-order valence-electron chi connectivity index (χ1n) is 22.1. The van der Waals surface area contributed by atoms with Crippen molar-refractivity contribution in [3.8, 4) is 22.3 Å². The molecule has 1 aliphatic carbocycles. The van der Waals surface area contributed by atoms with Crippen LogP contribution < -0.4 is 20.6 Å². The number of fused-ring (bicyclic) bond motifs is 12. The van der Waals surface area contributed by atoms with Gasteiger partial charge in [-0.1, -0.05) is 161 Å². The fourth-order valence-corrected chi connectivity index (χ4v) is 10.8. The summed E-state index contributed by atoms with van der Waals surface area (Å²) in [7, 11) is 0. The number of nitrogens with zero attached hydrogens (tertiary/aromatic N) is 2. The molecule has 61 heavy (non-hydrogen) atoms. The molecule has 3 aliphatic rings. The van der Waals surface area contributed by atoms with E-state index >= 15 is 0 Å². The summed E-state index contributed by atoms with van der Waals surface area (Å²) in [5.74, 6) is 0. The van der Waals surface area contributed by atoms with Gasteiger partial charge in [0.1, 0.15) is 5.58 Å². The monoisotopic (exact) mass is 794 g/mol. The van der Waals surface area contributed by atoms with Crippen molar-refractivity contribution in [1.29, 1.82) is 0 Å². The Balaban J connectivity index is 1.33. The van der Waals surface area contributed by atoms with E-state index in [0.717, 1.165) is 33.3 Å². The molecular formula is C57H55BN2O. The van der Waals surface area contributed by atoms with E-state index in [2.05, 4.69) is 219 Å². The second kappa shape index (κ2) is 12.5. The van der Waals surface area contributed by atoms with Gasteiger partial charge in [-0.2, -0.15) is 0 Å². The molecule has 11 rings (SSSR count). The predicted molar refractivity (Wildman–Crippen MR) is 261 cm³/mol. The van der Waals surface area contributed by atoms with Gasteiger partial charge in [0, 0.05) is 44.5 Å². The van der Waals surface area contributed by atoms with E-state index in [1.54, 1.807) is 0 Å². The molecule has 0 saturated heterocycles. The highest BCUT2D eigenvalue weighted by molar-refractivity contribution is 6.94. The summed E-state index contributed by atoms with van der Waals surface area (Å²) in [6.07, 6.45) is 0. The number of para-hydroxylation sites is 1. The Morgan fingerprint density at radius 2 is 1.11 bits per heavy atom. The lowest BCUT2D eigenvalue weighted by Crippen LogP contribution is -2.62. The molecule has 8 aromatic rings. The summed E-state index contributed by atoms with van der Waals surface area (Å²) in [5, 5.41) is 2.29. The molecule has 3 heterocycles. The van der Waals surface area contributed by atoms with Crippen molar-refractivity contribution in [2.75, 3.05) is 9.71 Å². The molecule has 0 unspecified atom stereocenters. The van der Waals surface area contributed by atoms with Gasteiger partial charge in [0.15, 0.2) is 5.58 Å². The van der Waals surface area contributed by atoms with E-state index in [0.29, 0.717) is 0 Å². The molecule has 0 fully saturated rings. The lowest BCUT2D eigenvalue weighted by molar-refractivity contribution is 0.590. The molecule has 0 spiro atoms. The SMILES string of the molecule is CC(C)(C)c1ccc(N2B3c4cc(C(C)(C)C)ccc4N(c4ccc(C(C)(C)C)cc4)c4c3c(cc3c4oc4ccccc43)-c3c2ccc2c3C(C)(C)c3ccccc3-2)cc1. The molecule has 3 nitrogen and oxygen atoms in total. The number of hydrogen-bond donors (Lipinski definition) is 0. The van der Waals surface area contributed by atoms with Crippen LogP contribution in [0.1, 0.15) is 104 Å². The van der Waals surface area contributed by atoms with Crippen molar-refractivity contribution in [3.05, 3.63) is 161 Å². The van der Waals surface area contributed by atoms with Crippen LogP contribution in [0.3, 0.4) is 0 Å². The third kappa shape index (κ3) is 5.43. The Bertz CT molecular complexity index is 3110. The summed E-state index contributed by atoms with van der Waals surface area (Å²) in [5.41, 5.74) is 22.1. The minimum Gasteiger partial charge on any atom is -0.454 e. The number of furan rings is 1. The maximum absolute atomic E-state index is 7.15. The van der Waals surface area contributed by atoms with Crippen LogP contribution in [-0.2, 0) is 21.7 Å². The highest BCUT2D eigenvalue weighted by atomic mass is 16.3. The molecule has 0 radical (unpaired) electrons. The molecule has 0 saturated carbocycles. The maximum atomic E-state index is 7.15. The van der Waals surface area contributed by atoms with Gasteiger partial charge in [0.25, 0.3) is 0 Å². The fourth-order valence-electron chi connectivity index (χ4n) is 10.8.